The summed E-state index contributed by atoms with van der Waals surface area (Å²) in [6.07, 6.45) is 5.16. The molecule has 0 aliphatic carbocycles. The second-order valence-electron chi connectivity index (χ2n) is 4.53. The van der Waals surface area contributed by atoms with E-state index in [4.69, 9.17) is 10.5 Å². The molecule has 1 heterocycles. The number of hydrogen-bond donors (Lipinski definition) is 1. The third-order valence-electron chi connectivity index (χ3n) is 3.21. The number of amides is 1. The van der Waals surface area contributed by atoms with Gasteiger partial charge < -0.3 is 15.4 Å². The second-order valence-corrected chi connectivity index (χ2v) is 4.53. The van der Waals surface area contributed by atoms with Crippen LogP contribution in [-0.2, 0) is 9.53 Å². The quantitative estimate of drug-likeness (QED) is 0.767. The van der Waals surface area contributed by atoms with Gasteiger partial charge in [0.15, 0.2) is 0 Å². The predicted molar refractivity (Wildman–Crippen MR) is 64.1 cm³/mol. The number of methoxy groups -OCH3 is 1. The Bertz CT molecular complexity index is 221. The lowest BCUT2D eigenvalue weighted by Crippen LogP contribution is -2.49. The van der Waals surface area contributed by atoms with Gasteiger partial charge in [-0.1, -0.05) is 19.8 Å². The van der Waals surface area contributed by atoms with E-state index in [0.717, 1.165) is 38.6 Å². The molecule has 16 heavy (non-hydrogen) atoms. The van der Waals surface area contributed by atoms with Crippen LogP contribution in [0.1, 0.15) is 39.0 Å². The van der Waals surface area contributed by atoms with E-state index >= 15 is 0 Å². The number of hydrogen-bond acceptors (Lipinski definition) is 3. The molecule has 0 aromatic carbocycles. The number of nitrogens with zero attached hydrogens (tertiary/aromatic N) is 1. The third kappa shape index (κ3) is 3.76. The first-order valence-electron chi connectivity index (χ1n) is 6.26. The molecule has 1 rings (SSSR count). The van der Waals surface area contributed by atoms with Gasteiger partial charge in [-0.2, -0.15) is 0 Å². The molecule has 0 radical (unpaired) electrons. The molecule has 1 aliphatic rings. The molecule has 0 saturated carbocycles. The van der Waals surface area contributed by atoms with Gasteiger partial charge in [0.25, 0.3) is 0 Å². The molecule has 94 valence electrons. The first-order valence-corrected chi connectivity index (χ1v) is 6.26. The van der Waals surface area contributed by atoms with E-state index in [9.17, 15) is 4.79 Å². The van der Waals surface area contributed by atoms with E-state index in [1.54, 1.807) is 7.11 Å². The molecule has 1 aliphatic heterocycles. The van der Waals surface area contributed by atoms with Gasteiger partial charge >= 0.3 is 0 Å². The summed E-state index contributed by atoms with van der Waals surface area (Å²) in [6.45, 7) is 3.65. The standard InChI is InChI=1S/C12H24N2O2/c1-3-4-7-11(13)12(15)14-8-5-6-10(9-14)16-2/h10-11H,3-9,13H2,1-2H3/t10?,11-/m0/s1. The van der Waals surface area contributed by atoms with Gasteiger partial charge in [-0.05, 0) is 19.3 Å². The van der Waals surface area contributed by atoms with E-state index in [-0.39, 0.29) is 18.1 Å². The lowest BCUT2D eigenvalue weighted by atomic mass is 10.0. The average Bonchev–Trinajstić information content (AvgIpc) is 2.35. The van der Waals surface area contributed by atoms with Crippen molar-refractivity contribution in [3.05, 3.63) is 0 Å². The summed E-state index contributed by atoms with van der Waals surface area (Å²) in [6, 6.07) is -0.324. The third-order valence-corrected chi connectivity index (χ3v) is 3.21. The number of piperidine rings is 1. The van der Waals surface area contributed by atoms with Crippen molar-refractivity contribution in [3.63, 3.8) is 0 Å². The highest BCUT2D eigenvalue weighted by molar-refractivity contribution is 5.81. The normalized spacial score (nSPS) is 23.2. The number of unbranched alkanes of at least 4 members (excludes halogenated alkanes) is 1. The SMILES string of the molecule is CCCC[C@H](N)C(=O)N1CCCC(OC)C1. The number of nitrogens with two attached hydrogens (primary N) is 1. The summed E-state index contributed by atoms with van der Waals surface area (Å²) in [5, 5.41) is 0. The molecule has 1 unspecified atom stereocenters. The van der Waals surface area contributed by atoms with Gasteiger partial charge in [-0.15, -0.1) is 0 Å². The van der Waals surface area contributed by atoms with Crippen molar-refractivity contribution in [2.24, 2.45) is 5.73 Å². The van der Waals surface area contributed by atoms with E-state index in [1.807, 2.05) is 4.90 Å². The Morgan fingerprint density at radius 1 is 1.62 bits per heavy atom. The molecule has 1 amide bonds. The van der Waals surface area contributed by atoms with Gasteiger partial charge in [0.2, 0.25) is 5.91 Å². The van der Waals surface area contributed by atoms with Crippen LogP contribution in [0, 0.1) is 0 Å². The van der Waals surface area contributed by atoms with Crippen molar-refractivity contribution in [2.45, 2.75) is 51.2 Å². The zero-order valence-corrected chi connectivity index (χ0v) is 10.4. The Kier molecular flexibility index (Phi) is 5.77. The molecule has 0 aromatic rings. The summed E-state index contributed by atoms with van der Waals surface area (Å²) in [5.41, 5.74) is 5.89. The molecule has 2 atom stereocenters. The molecule has 1 saturated heterocycles. The van der Waals surface area contributed by atoms with Crippen LogP contribution in [0.2, 0.25) is 0 Å². The second kappa shape index (κ2) is 6.86. The zero-order chi connectivity index (χ0) is 12.0. The Balaban J connectivity index is 2.40. The van der Waals surface area contributed by atoms with Crippen LogP contribution >= 0.6 is 0 Å². The highest BCUT2D eigenvalue weighted by Gasteiger charge is 2.26. The van der Waals surface area contributed by atoms with Crippen molar-refractivity contribution >= 4 is 5.91 Å². The van der Waals surface area contributed by atoms with Gasteiger partial charge in [0.05, 0.1) is 12.1 Å². The lowest BCUT2D eigenvalue weighted by Gasteiger charge is -2.33. The number of carbonyl (C=O) groups is 1. The summed E-state index contributed by atoms with van der Waals surface area (Å²) >= 11 is 0. The summed E-state index contributed by atoms with van der Waals surface area (Å²) in [7, 11) is 1.70. The van der Waals surface area contributed by atoms with Gasteiger partial charge in [-0.25, -0.2) is 0 Å². The van der Waals surface area contributed by atoms with Crippen molar-refractivity contribution in [3.8, 4) is 0 Å². The number of rotatable bonds is 5. The van der Waals surface area contributed by atoms with Gasteiger partial charge in [0, 0.05) is 20.2 Å². The molecular weight excluding hydrogens is 204 g/mol. The molecule has 4 heteroatoms. The maximum absolute atomic E-state index is 12.0. The average molecular weight is 228 g/mol. The minimum atomic E-state index is -0.324. The first kappa shape index (κ1) is 13.5. The molecule has 0 spiro atoms. The van der Waals surface area contributed by atoms with E-state index in [1.165, 1.54) is 0 Å². The molecule has 4 nitrogen and oxygen atoms in total. The molecule has 1 fully saturated rings. The fraction of sp³-hybridized carbons (Fsp3) is 0.917. The van der Waals surface area contributed by atoms with Gasteiger partial charge in [-0.3, -0.25) is 4.79 Å². The minimum absolute atomic E-state index is 0.0928. The highest BCUT2D eigenvalue weighted by Crippen LogP contribution is 2.14. The van der Waals surface area contributed by atoms with Crippen LogP contribution in [0.15, 0.2) is 0 Å². The van der Waals surface area contributed by atoms with Crippen molar-refractivity contribution < 1.29 is 9.53 Å². The highest BCUT2D eigenvalue weighted by atomic mass is 16.5. The Morgan fingerprint density at radius 2 is 2.38 bits per heavy atom. The number of ether oxygens (including phenoxy) is 1. The monoisotopic (exact) mass is 228 g/mol. The maximum Gasteiger partial charge on any atom is 0.239 e. The molecule has 2 N–H and O–H groups in total. The van der Waals surface area contributed by atoms with Crippen molar-refractivity contribution in [2.75, 3.05) is 20.2 Å². The smallest absolute Gasteiger partial charge is 0.239 e. The zero-order valence-electron chi connectivity index (χ0n) is 10.4. The largest absolute Gasteiger partial charge is 0.380 e. The van der Waals surface area contributed by atoms with Crippen LogP contribution in [-0.4, -0.2) is 43.2 Å². The van der Waals surface area contributed by atoms with E-state index < -0.39 is 0 Å². The maximum atomic E-state index is 12.0. The summed E-state index contributed by atoms with van der Waals surface area (Å²) in [5.74, 6) is 0.0928. The fourth-order valence-corrected chi connectivity index (χ4v) is 2.11. The van der Waals surface area contributed by atoms with E-state index in [0.29, 0.717) is 6.54 Å². The molecule has 0 bridgehead atoms. The Morgan fingerprint density at radius 3 is 3.00 bits per heavy atom. The van der Waals surface area contributed by atoms with Crippen LogP contribution in [0.3, 0.4) is 0 Å². The molecular formula is C12H24N2O2. The number of carbonyl (C=O) groups excluding carboxylic acids is 1. The topological polar surface area (TPSA) is 55.6 Å². The van der Waals surface area contributed by atoms with Crippen LogP contribution < -0.4 is 5.73 Å². The van der Waals surface area contributed by atoms with Crippen LogP contribution in [0.5, 0.6) is 0 Å². The van der Waals surface area contributed by atoms with E-state index in [2.05, 4.69) is 6.92 Å². The van der Waals surface area contributed by atoms with Gasteiger partial charge in [0.1, 0.15) is 0 Å². The van der Waals surface area contributed by atoms with Crippen LogP contribution in [0.4, 0.5) is 0 Å². The Hall–Kier alpha value is -0.610. The Labute approximate surface area is 98.1 Å². The van der Waals surface area contributed by atoms with Crippen molar-refractivity contribution in [1.82, 2.24) is 4.90 Å². The molecule has 0 aromatic heterocycles. The summed E-state index contributed by atoms with van der Waals surface area (Å²) in [4.78, 5) is 13.9. The minimum Gasteiger partial charge on any atom is -0.380 e. The fourth-order valence-electron chi connectivity index (χ4n) is 2.11. The van der Waals surface area contributed by atoms with Crippen molar-refractivity contribution in [1.29, 1.82) is 0 Å². The van der Waals surface area contributed by atoms with Crippen LogP contribution in [0.25, 0.3) is 0 Å². The predicted octanol–water partition coefficient (Wildman–Crippen LogP) is 1.14. The lowest BCUT2D eigenvalue weighted by molar-refractivity contribution is -0.136. The summed E-state index contributed by atoms with van der Waals surface area (Å²) < 4.78 is 5.30. The first-order chi connectivity index (χ1) is 7.69. The number of likely N-dealkylation sites (tertiary alicyclic amines) is 1.